The van der Waals surface area contributed by atoms with Crippen LogP contribution in [-0.2, 0) is 25.6 Å². The summed E-state index contributed by atoms with van der Waals surface area (Å²) in [5.41, 5.74) is 4.07. The molecule has 0 radical (unpaired) electrons. The summed E-state index contributed by atoms with van der Waals surface area (Å²) in [6, 6.07) is 33.7. The summed E-state index contributed by atoms with van der Waals surface area (Å²) in [5, 5.41) is 2.64. The Morgan fingerprint density at radius 1 is 0.881 bits per heavy atom. The predicted molar refractivity (Wildman–Crippen MR) is 154 cm³/mol. The number of rotatable bonds is 8. The van der Waals surface area contributed by atoms with Gasteiger partial charge in [0, 0.05) is 18.2 Å². The van der Waals surface area contributed by atoms with Gasteiger partial charge in [0.2, 0.25) is 6.29 Å². The number of carbonyl (C=O) groups is 1. The minimum atomic E-state index is -1.53. The van der Waals surface area contributed by atoms with Crippen molar-refractivity contribution in [1.82, 2.24) is 5.32 Å². The Morgan fingerprint density at radius 3 is 2.36 bits per heavy atom. The lowest BCUT2D eigenvalue weighted by Crippen LogP contribution is -2.62. The Balaban J connectivity index is 1.20. The smallest absolute Gasteiger partial charge is 0.251 e. The van der Waals surface area contributed by atoms with Crippen molar-refractivity contribution in [3.05, 3.63) is 126 Å². The number of fused-ring (bicyclic) bond motifs is 1. The topological polar surface area (TPSA) is 75.3 Å². The molecule has 0 saturated carbocycles. The van der Waals surface area contributed by atoms with Crippen LogP contribution in [0.5, 0.6) is 5.75 Å². The first-order valence-electron chi connectivity index (χ1n) is 14.0. The standard InChI is InChI=1S/C34H32FNO6/c1-36-32(37)26-14-8-13-25(19-26)23-15-17-27(18-16-23)40-34-31(38-20-22-9-4-2-5-10-22)29(35)30-28(41-34)21-39-33(42-30)24-11-6-3-7-12-24/h2-19,28-31,33-34H,20-21H2,1H3,(H,36,37)/t28?,29?,30-,31?,33?,34+/m1/s1. The van der Waals surface area contributed by atoms with E-state index in [-0.39, 0.29) is 19.1 Å². The lowest BCUT2D eigenvalue weighted by atomic mass is 9.98. The zero-order valence-corrected chi connectivity index (χ0v) is 23.1. The van der Waals surface area contributed by atoms with Gasteiger partial charge in [0.15, 0.2) is 18.6 Å². The van der Waals surface area contributed by atoms with Gasteiger partial charge in [-0.3, -0.25) is 4.79 Å². The van der Waals surface area contributed by atoms with E-state index in [0.717, 1.165) is 22.3 Å². The van der Waals surface area contributed by atoms with E-state index in [4.69, 9.17) is 23.7 Å². The van der Waals surface area contributed by atoms with Crippen molar-refractivity contribution in [2.24, 2.45) is 0 Å². The number of benzene rings is 4. The maximum Gasteiger partial charge on any atom is 0.251 e. The molecule has 2 heterocycles. The molecule has 6 atom stereocenters. The van der Waals surface area contributed by atoms with Gasteiger partial charge in [0.05, 0.1) is 13.2 Å². The van der Waals surface area contributed by atoms with Crippen LogP contribution in [-0.4, -0.2) is 50.3 Å². The van der Waals surface area contributed by atoms with Crippen molar-refractivity contribution < 1.29 is 32.9 Å². The molecule has 0 aliphatic carbocycles. The number of amides is 1. The average molecular weight is 570 g/mol. The van der Waals surface area contributed by atoms with Gasteiger partial charge in [0.1, 0.15) is 18.0 Å². The molecular weight excluding hydrogens is 537 g/mol. The third-order valence-electron chi connectivity index (χ3n) is 7.41. The van der Waals surface area contributed by atoms with Crippen molar-refractivity contribution in [2.45, 2.75) is 43.7 Å². The minimum absolute atomic E-state index is 0.149. The fourth-order valence-electron chi connectivity index (χ4n) is 5.19. The van der Waals surface area contributed by atoms with Crippen molar-refractivity contribution in [3.63, 3.8) is 0 Å². The highest BCUT2D eigenvalue weighted by atomic mass is 19.1. The molecule has 2 aliphatic heterocycles. The second-order valence-corrected chi connectivity index (χ2v) is 10.2. The number of hydrogen-bond acceptors (Lipinski definition) is 6. The van der Waals surface area contributed by atoms with E-state index in [0.29, 0.717) is 11.3 Å². The minimum Gasteiger partial charge on any atom is -0.462 e. The molecule has 7 nitrogen and oxygen atoms in total. The van der Waals surface area contributed by atoms with Gasteiger partial charge in [-0.25, -0.2) is 4.39 Å². The molecule has 2 saturated heterocycles. The van der Waals surface area contributed by atoms with Crippen molar-refractivity contribution in [1.29, 1.82) is 0 Å². The molecule has 42 heavy (non-hydrogen) atoms. The number of alkyl halides is 1. The summed E-state index contributed by atoms with van der Waals surface area (Å²) < 4.78 is 46.8. The Kier molecular flexibility index (Phi) is 8.58. The SMILES string of the molecule is CNC(=O)c1cccc(-c2ccc(O[C@H]3OC4COC(c5ccccc5)O[C@H]4C(F)C3OCc3ccccc3)cc2)c1. The van der Waals surface area contributed by atoms with Crippen molar-refractivity contribution >= 4 is 5.91 Å². The van der Waals surface area contributed by atoms with Crippen LogP contribution in [0.3, 0.4) is 0 Å². The Hall–Kier alpha value is -4.08. The van der Waals surface area contributed by atoms with Gasteiger partial charge in [-0.2, -0.15) is 0 Å². The van der Waals surface area contributed by atoms with Gasteiger partial charge in [-0.15, -0.1) is 0 Å². The van der Waals surface area contributed by atoms with Crippen LogP contribution in [0.4, 0.5) is 4.39 Å². The number of nitrogens with one attached hydrogen (secondary N) is 1. The van der Waals surface area contributed by atoms with Gasteiger partial charge in [-0.1, -0.05) is 84.9 Å². The summed E-state index contributed by atoms with van der Waals surface area (Å²) in [7, 11) is 1.60. The molecule has 0 spiro atoms. The largest absolute Gasteiger partial charge is 0.462 e. The fourth-order valence-corrected chi connectivity index (χ4v) is 5.19. The molecule has 216 valence electrons. The summed E-state index contributed by atoms with van der Waals surface area (Å²) in [4.78, 5) is 12.1. The number of halogens is 1. The Morgan fingerprint density at radius 2 is 1.62 bits per heavy atom. The van der Waals surface area contributed by atoms with Crippen LogP contribution >= 0.6 is 0 Å². The second kappa shape index (κ2) is 12.8. The Labute approximate surface area is 244 Å². The maximum absolute atomic E-state index is 16.2. The van der Waals surface area contributed by atoms with Crippen LogP contribution in [0.25, 0.3) is 11.1 Å². The molecule has 1 amide bonds. The van der Waals surface area contributed by atoms with Crippen LogP contribution in [0.1, 0.15) is 27.8 Å². The molecule has 8 heteroatoms. The van der Waals surface area contributed by atoms with E-state index in [1.54, 1.807) is 25.2 Å². The number of carbonyl (C=O) groups excluding carboxylic acids is 1. The van der Waals surface area contributed by atoms with E-state index < -0.39 is 37.1 Å². The fraction of sp³-hybridized carbons (Fsp3) is 0.265. The van der Waals surface area contributed by atoms with Gasteiger partial charge < -0.3 is 29.0 Å². The monoisotopic (exact) mass is 569 g/mol. The van der Waals surface area contributed by atoms with E-state index in [1.165, 1.54) is 0 Å². The molecule has 4 aromatic carbocycles. The Bertz CT molecular complexity index is 1470. The van der Waals surface area contributed by atoms with Gasteiger partial charge >= 0.3 is 0 Å². The molecule has 1 N–H and O–H groups in total. The zero-order valence-electron chi connectivity index (χ0n) is 23.1. The molecule has 6 rings (SSSR count). The average Bonchev–Trinajstić information content (AvgIpc) is 3.05. The first-order chi connectivity index (χ1) is 20.6. The molecule has 0 aromatic heterocycles. The third kappa shape index (κ3) is 6.22. The first-order valence-corrected chi connectivity index (χ1v) is 14.0. The van der Waals surface area contributed by atoms with Crippen LogP contribution in [0, 0.1) is 0 Å². The van der Waals surface area contributed by atoms with Crippen LogP contribution < -0.4 is 10.1 Å². The van der Waals surface area contributed by atoms with E-state index in [9.17, 15) is 4.79 Å². The maximum atomic E-state index is 16.2. The summed E-state index contributed by atoms with van der Waals surface area (Å²) >= 11 is 0. The van der Waals surface area contributed by atoms with E-state index >= 15 is 4.39 Å². The summed E-state index contributed by atoms with van der Waals surface area (Å²) in [6.07, 6.45) is -5.87. The lowest BCUT2D eigenvalue weighted by molar-refractivity contribution is -0.347. The number of hydrogen-bond donors (Lipinski definition) is 1. The summed E-state index contributed by atoms with van der Waals surface area (Å²) in [5.74, 6) is 0.336. The first kappa shape index (κ1) is 28.1. The number of ether oxygens (including phenoxy) is 5. The molecular formula is C34H32FNO6. The summed E-state index contributed by atoms with van der Waals surface area (Å²) in [6.45, 7) is 0.336. The van der Waals surface area contributed by atoms with E-state index in [1.807, 2.05) is 91.0 Å². The van der Waals surface area contributed by atoms with E-state index in [2.05, 4.69) is 5.32 Å². The van der Waals surface area contributed by atoms with Crippen molar-refractivity contribution in [2.75, 3.05) is 13.7 Å². The normalized spacial score (nSPS) is 25.3. The van der Waals surface area contributed by atoms with Crippen LogP contribution in [0.15, 0.2) is 109 Å². The van der Waals surface area contributed by atoms with Gasteiger partial charge in [0.25, 0.3) is 5.91 Å². The predicted octanol–water partition coefficient (Wildman–Crippen LogP) is 5.85. The highest BCUT2D eigenvalue weighted by molar-refractivity contribution is 5.95. The molecule has 0 bridgehead atoms. The second-order valence-electron chi connectivity index (χ2n) is 10.2. The highest BCUT2D eigenvalue weighted by Gasteiger charge is 2.52. The zero-order chi connectivity index (χ0) is 28.9. The quantitative estimate of drug-likeness (QED) is 0.287. The third-order valence-corrected chi connectivity index (χ3v) is 7.41. The molecule has 4 aromatic rings. The lowest BCUT2D eigenvalue weighted by Gasteiger charge is -2.46. The van der Waals surface area contributed by atoms with Crippen molar-refractivity contribution in [3.8, 4) is 16.9 Å². The molecule has 2 fully saturated rings. The molecule has 4 unspecified atom stereocenters. The highest BCUT2D eigenvalue weighted by Crippen LogP contribution is 2.37. The molecule has 2 aliphatic rings. The van der Waals surface area contributed by atoms with Crippen LogP contribution in [0.2, 0.25) is 0 Å². The van der Waals surface area contributed by atoms with Gasteiger partial charge in [-0.05, 0) is 41.0 Å².